The minimum atomic E-state index is -0.352. The van der Waals surface area contributed by atoms with E-state index in [9.17, 15) is 4.39 Å². The van der Waals surface area contributed by atoms with Crippen molar-refractivity contribution in [2.75, 3.05) is 26.7 Å². The van der Waals surface area contributed by atoms with E-state index in [1.807, 2.05) is 18.3 Å². The molecule has 3 heterocycles. The summed E-state index contributed by atoms with van der Waals surface area (Å²) in [6.45, 7) is 3.63. The molecule has 0 unspecified atom stereocenters. The van der Waals surface area contributed by atoms with Crippen molar-refractivity contribution in [2.24, 2.45) is 0 Å². The van der Waals surface area contributed by atoms with Gasteiger partial charge in [0.1, 0.15) is 0 Å². The quantitative estimate of drug-likeness (QED) is 0.852. The van der Waals surface area contributed by atoms with E-state index in [2.05, 4.69) is 16.0 Å². The van der Waals surface area contributed by atoms with Crippen LogP contribution < -0.4 is 4.74 Å². The van der Waals surface area contributed by atoms with Gasteiger partial charge in [-0.2, -0.15) is 0 Å². The highest BCUT2D eigenvalue weighted by molar-refractivity contribution is 5.60. The first-order chi connectivity index (χ1) is 11.7. The van der Waals surface area contributed by atoms with Gasteiger partial charge >= 0.3 is 0 Å². The Balaban J connectivity index is 1.62. The molecule has 0 amide bonds. The largest absolute Gasteiger partial charge is 0.494 e. The average Bonchev–Trinajstić information content (AvgIpc) is 2.62. The topological polar surface area (TPSA) is 25.4 Å². The number of benzene rings is 1. The number of fused-ring (bicyclic) bond motifs is 2. The van der Waals surface area contributed by atoms with E-state index in [4.69, 9.17) is 4.74 Å². The summed E-state index contributed by atoms with van der Waals surface area (Å²) in [6.07, 6.45) is 7.05. The number of piperidine rings is 2. The third kappa shape index (κ3) is 2.69. The number of nitrogens with zero attached hydrogens (tertiary/aromatic N) is 2. The molecule has 0 radical (unpaired) electrons. The Labute approximate surface area is 142 Å². The first-order valence-electron chi connectivity index (χ1n) is 8.73. The zero-order valence-electron chi connectivity index (χ0n) is 14.1. The lowest BCUT2D eigenvalue weighted by molar-refractivity contribution is 0.0941. The highest BCUT2D eigenvalue weighted by Gasteiger charge is 2.39. The SMILES string of the molecule is COc1ccc(-c2ccc(C34CCCN(CCC3)C4)cn2)cc1F. The fraction of sp³-hybridized carbons (Fsp3) is 0.450. The molecule has 126 valence electrons. The molecule has 0 aliphatic carbocycles. The molecule has 1 aromatic heterocycles. The number of aromatic nitrogens is 1. The van der Waals surface area contributed by atoms with Crippen LogP contribution in [0.15, 0.2) is 36.5 Å². The summed E-state index contributed by atoms with van der Waals surface area (Å²) < 4.78 is 18.9. The Morgan fingerprint density at radius 3 is 2.54 bits per heavy atom. The number of rotatable bonds is 3. The van der Waals surface area contributed by atoms with Gasteiger partial charge in [0.2, 0.25) is 0 Å². The lowest BCUT2D eigenvalue weighted by Crippen LogP contribution is -2.50. The van der Waals surface area contributed by atoms with Crippen LogP contribution in [0, 0.1) is 5.82 Å². The molecular weight excluding hydrogens is 303 g/mol. The Morgan fingerprint density at radius 2 is 1.92 bits per heavy atom. The first-order valence-corrected chi connectivity index (χ1v) is 8.73. The van der Waals surface area contributed by atoms with E-state index in [0.717, 1.165) is 17.8 Å². The van der Waals surface area contributed by atoms with Crippen LogP contribution in [-0.4, -0.2) is 36.6 Å². The molecule has 24 heavy (non-hydrogen) atoms. The average molecular weight is 326 g/mol. The van der Waals surface area contributed by atoms with E-state index in [1.54, 1.807) is 6.07 Å². The number of methoxy groups -OCH3 is 1. The van der Waals surface area contributed by atoms with Crippen molar-refractivity contribution >= 4 is 0 Å². The summed E-state index contributed by atoms with van der Waals surface area (Å²) in [6, 6.07) is 9.21. The number of hydrogen-bond acceptors (Lipinski definition) is 3. The highest BCUT2D eigenvalue weighted by atomic mass is 19.1. The molecule has 2 bridgehead atoms. The maximum atomic E-state index is 13.9. The molecule has 2 fully saturated rings. The van der Waals surface area contributed by atoms with Gasteiger partial charge in [0, 0.05) is 23.7 Å². The molecule has 0 saturated carbocycles. The fourth-order valence-electron chi connectivity index (χ4n) is 4.35. The predicted octanol–water partition coefficient (Wildman–Crippen LogP) is 4.02. The lowest BCUT2D eigenvalue weighted by Gasteiger charge is -2.47. The van der Waals surface area contributed by atoms with Crippen LogP contribution in [0.2, 0.25) is 0 Å². The summed E-state index contributed by atoms with van der Waals surface area (Å²) >= 11 is 0. The van der Waals surface area contributed by atoms with Crippen molar-refractivity contribution in [3.63, 3.8) is 0 Å². The monoisotopic (exact) mass is 326 g/mol. The van der Waals surface area contributed by atoms with Crippen LogP contribution in [-0.2, 0) is 5.41 Å². The Bertz CT molecular complexity index is 719. The van der Waals surface area contributed by atoms with Gasteiger partial charge in [0.25, 0.3) is 0 Å². The molecule has 2 aliphatic heterocycles. The van der Waals surface area contributed by atoms with E-state index < -0.39 is 0 Å². The van der Waals surface area contributed by atoms with Crippen molar-refractivity contribution in [1.82, 2.24) is 9.88 Å². The minimum Gasteiger partial charge on any atom is -0.494 e. The maximum Gasteiger partial charge on any atom is 0.165 e. The van der Waals surface area contributed by atoms with E-state index in [-0.39, 0.29) is 17.0 Å². The van der Waals surface area contributed by atoms with Crippen molar-refractivity contribution in [2.45, 2.75) is 31.1 Å². The number of halogens is 1. The third-order valence-electron chi connectivity index (χ3n) is 5.61. The van der Waals surface area contributed by atoms with Crippen molar-refractivity contribution in [1.29, 1.82) is 0 Å². The van der Waals surface area contributed by atoms with Gasteiger partial charge < -0.3 is 9.64 Å². The maximum absolute atomic E-state index is 13.9. The summed E-state index contributed by atoms with van der Waals surface area (Å²) in [4.78, 5) is 7.22. The van der Waals surface area contributed by atoms with Gasteiger partial charge in [-0.3, -0.25) is 4.98 Å². The van der Waals surface area contributed by atoms with Crippen LogP contribution in [0.5, 0.6) is 5.75 Å². The van der Waals surface area contributed by atoms with Crippen molar-refractivity contribution < 1.29 is 9.13 Å². The molecule has 2 aliphatic rings. The van der Waals surface area contributed by atoms with Crippen LogP contribution in [0.25, 0.3) is 11.3 Å². The Morgan fingerprint density at radius 1 is 1.12 bits per heavy atom. The summed E-state index contributed by atoms with van der Waals surface area (Å²) in [5, 5.41) is 0. The van der Waals surface area contributed by atoms with E-state index in [1.165, 1.54) is 57.5 Å². The number of hydrogen-bond donors (Lipinski definition) is 0. The molecule has 0 N–H and O–H groups in total. The van der Waals surface area contributed by atoms with Gasteiger partial charge in [0.05, 0.1) is 12.8 Å². The predicted molar refractivity (Wildman–Crippen MR) is 92.8 cm³/mol. The normalized spacial score (nSPS) is 26.2. The van der Waals surface area contributed by atoms with Crippen molar-refractivity contribution in [3.8, 4) is 17.0 Å². The standard InChI is InChI=1S/C20H23FN2O/c1-24-19-7-4-15(12-17(19)21)18-6-5-16(13-22-18)20-8-2-10-23(14-20)11-3-9-20/h4-7,12-13H,2-3,8-11,14H2,1H3. The molecule has 3 nitrogen and oxygen atoms in total. The van der Waals surface area contributed by atoms with Crippen LogP contribution in [0.4, 0.5) is 4.39 Å². The highest BCUT2D eigenvalue weighted by Crippen LogP contribution is 2.41. The molecular formula is C20H23FN2O. The van der Waals surface area contributed by atoms with Gasteiger partial charge in [-0.1, -0.05) is 6.07 Å². The molecule has 1 aromatic carbocycles. The summed E-state index contributed by atoms with van der Waals surface area (Å²) in [7, 11) is 1.47. The van der Waals surface area contributed by atoms with Gasteiger partial charge in [-0.05, 0) is 68.6 Å². The van der Waals surface area contributed by atoms with Gasteiger partial charge in [-0.15, -0.1) is 0 Å². The molecule has 2 saturated heterocycles. The van der Waals surface area contributed by atoms with E-state index in [0.29, 0.717) is 0 Å². The number of ether oxygens (including phenoxy) is 1. The Hall–Kier alpha value is -1.94. The second kappa shape index (κ2) is 6.17. The van der Waals surface area contributed by atoms with Gasteiger partial charge in [0.15, 0.2) is 11.6 Å². The Kier molecular flexibility index (Phi) is 4.01. The van der Waals surface area contributed by atoms with Crippen LogP contribution in [0.3, 0.4) is 0 Å². The minimum absolute atomic E-state index is 0.263. The zero-order chi connectivity index (χ0) is 16.6. The summed E-state index contributed by atoms with van der Waals surface area (Å²) in [5.74, 6) is -0.0894. The number of pyridine rings is 1. The lowest BCUT2D eigenvalue weighted by atomic mass is 9.69. The second-order valence-electron chi connectivity index (χ2n) is 7.05. The van der Waals surface area contributed by atoms with Gasteiger partial charge in [-0.25, -0.2) is 4.39 Å². The molecule has 4 heteroatoms. The van der Waals surface area contributed by atoms with Crippen LogP contribution >= 0.6 is 0 Å². The summed E-state index contributed by atoms with van der Waals surface area (Å²) in [5.41, 5.74) is 3.20. The zero-order valence-corrected chi connectivity index (χ0v) is 14.1. The fourth-order valence-corrected chi connectivity index (χ4v) is 4.35. The molecule has 0 atom stereocenters. The molecule has 2 aromatic rings. The third-order valence-corrected chi connectivity index (χ3v) is 5.61. The smallest absolute Gasteiger partial charge is 0.165 e. The van der Waals surface area contributed by atoms with Crippen molar-refractivity contribution in [3.05, 3.63) is 47.9 Å². The van der Waals surface area contributed by atoms with Crippen LogP contribution in [0.1, 0.15) is 31.2 Å². The second-order valence-corrected chi connectivity index (χ2v) is 7.05. The molecule has 4 rings (SSSR count). The molecule has 0 spiro atoms. The van der Waals surface area contributed by atoms with E-state index >= 15 is 0 Å². The first kappa shape index (κ1) is 15.6.